The molecule has 0 saturated heterocycles. The maximum absolute atomic E-state index is 11.6. The molecule has 2 N–H and O–H groups in total. The smallest absolute Gasteiger partial charge is 0.321 e. The molecule has 1 aromatic rings. The van der Waals surface area contributed by atoms with Crippen molar-refractivity contribution in [1.82, 2.24) is 15.5 Å². The maximum Gasteiger partial charge on any atom is 0.321 e. The molecule has 0 aliphatic rings. The molecule has 0 aliphatic heterocycles. The number of aryl methyl sites for hydroxylation is 1. The van der Waals surface area contributed by atoms with Crippen molar-refractivity contribution in [3.63, 3.8) is 0 Å². The Morgan fingerprint density at radius 1 is 1.41 bits per heavy atom. The zero-order valence-electron chi connectivity index (χ0n) is 13.1. The number of nitrogens with zero attached hydrogens (tertiary/aromatic N) is 1. The standard InChI is InChI=1S/C16H23N3O3/c1-4-8-17-16(21)18-15(20)12-19(3)9-10-22-14-7-5-6-13(2)11-14/h4-7,11H,1,8-10,12H2,2-3H3,(H2,17,18,20,21). The van der Waals surface area contributed by atoms with Gasteiger partial charge in [0.15, 0.2) is 0 Å². The van der Waals surface area contributed by atoms with Crippen molar-refractivity contribution in [2.24, 2.45) is 0 Å². The molecule has 0 atom stereocenters. The monoisotopic (exact) mass is 305 g/mol. The van der Waals surface area contributed by atoms with E-state index in [1.807, 2.05) is 31.2 Å². The first-order valence-electron chi connectivity index (χ1n) is 7.08. The number of hydrogen-bond donors (Lipinski definition) is 2. The highest BCUT2D eigenvalue weighted by Gasteiger charge is 2.09. The predicted molar refractivity (Wildman–Crippen MR) is 85.9 cm³/mol. The minimum absolute atomic E-state index is 0.124. The summed E-state index contributed by atoms with van der Waals surface area (Å²) < 4.78 is 5.61. The van der Waals surface area contributed by atoms with Crippen LogP contribution in [0.1, 0.15) is 5.56 Å². The normalized spacial score (nSPS) is 10.1. The third-order valence-electron chi connectivity index (χ3n) is 2.80. The van der Waals surface area contributed by atoms with E-state index >= 15 is 0 Å². The van der Waals surface area contributed by atoms with Crippen LogP contribution in [0.15, 0.2) is 36.9 Å². The lowest BCUT2D eigenvalue weighted by atomic mass is 10.2. The zero-order chi connectivity index (χ0) is 16.4. The number of amides is 3. The largest absolute Gasteiger partial charge is 0.492 e. The summed E-state index contributed by atoms with van der Waals surface area (Å²) in [7, 11) is 1.79. The second-order valence-corrected chi connectivity index (χ2v) is 4.95. The molecule has 22 heavy (non-hydrogen) atoms. The Bertz CT molecular complexity index is 517. The Morgan fingerprint density at radius 2 is 2.18 bits per heavy atom. The van der Waals surface area contributed by atoms with Gasteiger partial charge in [0.2, 0.25) is 5.91 Å². The number of urea groups is 1. The van der Waals surface area contributed by atoms with Gasteiger partial charge in [-0.05, 0) is 31.7 Å². The van der Waals surface area contributed by atoms with Gasteiger partial charge in [-0.25, -0.2) is 4.79 Å². The van der Waals surface area contributed by atoms with Crippen LogP contribution in [-0.4, -0.2) is 50.1 Å². The van der Waals surface area contributed by atoms with Crippen LogP contribution in [0.2, 0.25) is 0 Å². The van der Waals surface area contributed by atoms with Crippen molar-refractivity contribution < 1.29 is 14.3 Å². The van der Waals surface area contributed by atoms with Crippen molar-refractivity contribution in [2.75, 3.05) is 33.3 Å². The van der Waals surface area contributed by atoms with Crippen molar-refractivity contribution in [2.45, 2.75) is 6.92 Å². The molecule has 0 spiro atoms. The molecule has 120 valence electrons. The Kier molecular flexibility index (Phi) is 7.70. The molecular weight excluding hydrogens is 282 g/mol. The summed E-state index contributed by atoms with van der Waals surface area (Å²) in [6, 6.07) is 7.26. The molecular formula is C16H23N3O3. The SMILES string of the molecule is C=CCNC(=O)NC(=O)CN(C)CCOc1cccc(C)c1. The van der Waals surface area contributed by atoms with Gasteiger partial charge in [-0.3, -0.25) is 15.0 Å². The number of benzene rings is 1. The molecule has 0 unspecified atom stereocenters. The van der Waals surface area contributed by atoms with E-state index in [1.54, 1.807) is 18.0 Å². The Balaban J connectivity index is 2.22. The first-order chi connectivity index (χ1) is 10.5. The molecule has 0 saturated carbocycles. The molecule has 6 heteroatoms. The zero-order valence-corrected chi connectivity index (χ0v) is 13.1. The van der Waals surface area contributed by atoms with E-state index in [0.717, 1.165) is 11.3 Å². The van der Waals surface area contributed by atoms with E-state index in [0.29, 0.717) is 19.7 Å². The Labute approximate surface area is 131 Å². The van der Waals surface area contributed by atoms with Gasteiger partial charge >= 0.3 is 6.03 Å². The van der Waals surface area contributed by atoms with Crippen LogP contribution in [-0.2, 0) is 4.79 Å². The third kappa shape index (κ3) is 7.44. The predicted octanol–water partition coefficient (Wildman–Crippen LogP) is 1.32. The number of imide groups is 1. The molecule has 0 aromatic heterocycles. The lowest BCUT2D eigenvalue weighted by Crippen LogP contribution is -2.44. The number of nitrogens with one attached hydrogen (secondary N) is 2. The fourth-order valence-corrected chi connectivity index (χ4v) is 1.72. The second kappa shape index (κ2) is 9.57. The van der Waals surface area contributed by atoms with Crippen molar-refractivity contribution in [3.05, 3.63) is 42.5 Å². The maximum atomic E-state index is 11.6. The number of rotatable bonds is 8. The summed E-state index contributed by atoms with van der Waals surface area (Å²) in [5.74, 6) is 0.446. The van der Waals surface area contributed by atoms with Crippen LogP contribution in [0.25, 0.3) is 0 Å². The Hall–Kier alpha value is -2.34. The molecule has 1 aromatic carbocycles. The van der Waals surface area contributed by atoms with E-state index in [1.165, 1.54) is 0 Å². The molecule has 3 amide bonds. The fourth-order valence-electron chi connectivity index (χ4n) is 1.72. The van der Waals surface area contributed by atoms with E-state index in [2.05, 4.69) is 17.2 Å². The number of carbonyl (C=O) groups excluding carboxylic acids is 2. The van der Waals surface area contributed by atoms with E-state index in [-0.39, 0.29) is 12.5 Å². The highest BCUT2D eigenvalue weighted by molar-refractivity contribution is 5.95. The Morgan fingerprint density at radius 3 is 2.86 bits per heavy atom. The molecule has 0 aliphatic carbocycles. The fraction of sp³-hybridized carbons (Fsp3) is 0.375. The van der Waals surface area contributed by atoms with Crippen LogP contribution in [0.5, 0.6) is 5.75 Å². The van der Waals surface area contributed by atoms with Gasteiger partial charge < -0.3 is 10.1 Å². The summed E-state index contributed by atoms with van der Waals surface area (Å²) in [6.07, 6.45) is 1.54. The molecule has 0 heterocycles. The highest BCUT2D eigenvalue weighted by atomic mass is 16.5. The van der Waals surface area contributed by atoms with Gasteiger partial charge in [0.05, 0.1) is 6.54 Å². The molecule has 0 fully saturated rings. The van der Waals surface area contributed by atoms with Crippen molar-refractivity contribution in [3.8, 4) is 5.75 Å². The first kappa shape index (κ1) is 17.7. The number of ether oxygens (including phenoxy) is 1. The van der Waals surface area contributed by atoms with Gasteiger partial charge in [-0.1, -0.05) is 18.2 Å². The first-order valence-corrected chi connectivity index (χ1v) is 7.08. The van der Waals surface area contributed by atoms with Crippen LogP contribution in [0.3, 0.4) is 0 Å². The average molecular weight is 305 g/mol. The van der Waals surface area contributed by atoms with Gasteiger partial charge in [-0.2, -0.15) is 0 Å². The van der Waals surface area contributed by atoms with E-state index in [4.69, 9.17) is 4.74 Å². The summed E-state index contributed by atoms with van der Waals surface area (Å²) in [6.45, 7) is 6.97. The van der Waals surface area contributed by atoms with E-state index in [9.17, 15) is 9.59 Å². The van der Waals surface area contributed by atoms with Gasteiger partial charge in [0.1, 0.15) is 12.4 Å². The van der Waals surface area contributed by atoms with Crippen molar-refractivity contribution in [1.29, 1.82) is 0 Å². The lowest BCUT2D eigenvalue weighted by molar-refractivity contribution is -0.120. The number of carbonyl (C=O) groups is 2. The highest BCUT2D eigenvalue weighted by Crippen LogP contribution is 2.11. The molecule has 0 radical (unpaired) electrons. The minimum atomic E-state index is -0.519. The van der Waals surface area contributed by atoms with Gasteiger partial charge in [0.25, 0.3) is 0 Å². The summed E-state index contributed by atoms with van der Waals surface area (Å²) in [5.41, 5.74) is 1.13. The van der Waals surface area contributed by atoms with Gasteiger partial charge in [0, 0.05) is 13.1 Å². The minimum Gasteiger partial charge on any atom is -0.492 e. The average Bonchev–Trinajstić information content (AvgIpc) is 2.45. The number of hydrogen-bond acceptors (Lipinski definition) is 4. The van der Waals surface area contributed by atoms with E-state index < -0.39 is 6.03 Å². The van der Waals surface area contributed by atoms with Crippen molar-refractivity contribution >= 4 is 11.9 Å². The van der Waals surface area contributed by atoms with Gasteiger partial charge in [-0.15, -0.1) is 6.58 Å². The number of likely N-dealkylation sites (N-methyl/N-ethyl adjacent to an activating group) is 1. The van der Waals surface area contributed by atoms with Crippen LogP contribution < -0.4 is 15.4 Å². The second-order valence-electron chi connectivity index (χ2n) is 4.95. The van der Waals surface area contributed by atoms with Crippen LogP contribution in [0.4, 0.5) is 4.79 Å². The summed E-state index contributed by atoms with van der Waals surface area (Å²) in [4.78, 5) is 24.7. The summed E-state index contributed by atoms with van der Waals surface area (Å²) in [5, 5.41) is 4.72. The summed E-state index contributed by atoms with van der Waals surface area (Å²) >= 11 is 0. The topological polar surface area (TPSA) is 70.7 Å². The van der Waals surface area contributed by atoms with Crippen LogP contribution in [0, 0.1) is 6.92 Å². The molecule has 0 bridgehead atoms. The quantitative estimate of drug-likeness (QED) is 0.711. The molecule has 1 rings (SSSR count). The lowest BCUT2D eigenvalue weighted by Gasteiger charge is -2.16. The third-order valence-corrected chi connectivity index (χ3v) is 2.80. The molecule has 6 nitrogen and oxygen atoms in total. The van der Waals surface area contributed by atoms with Crippen LogP contribution >= 0.6 is 0 Å².